The van der Waals surface area contributed by atoms with Crippen molar-refractivity contribution in [1.29, 1.82) is 0 Å². The lowest BCUT2D eigenvalue weighted by atomic mass is 10.1. The van der Waals surface area contributed by atoms with Crippen LogP contribution >= 0.6 is 15.9 Å². The number of aryl methyl sites for hydroxylation is 2. The molecular weight excluding hydrogens is 426 g/mol. The minimum atomic E-state index is -4.16. The number of sulfonamides is 1. The molecule has 0 bridgehead atoms. The van der Waals surface area contributed by atoms with Gasteiger partial charge in [0.2, 0.25) is 11.8 Å². The van der Waals surface area contributed by atoms with E-state index in [4.69, 9.17) is 4.52 Å². The Balaban J connectivity index is 1.79. The standard InChI is InChI=1S/C16H16BrN3O5S/c1-9-14(10(2)25-18-9)26(23,24)19-15(21)11-7-8-20(16(11)22)13-6-4-3-5-12(13)17/h3-6,11H,7-8H2,1-2H3,(H,19,21)/t11-/m1/s1. The van der Waals surface area contributed by atoms with Gasteiger partial charge >= 0.3 is 0 Å². The van der Waals surface area contributed by atoms with Crippen LogP contribution in [0.4, 0.5) is 5.69 Å². The van der Waals surface area contributed by atoms with Crippen molar-refractivity contribution < 1.29 is 22.5 Å². The minimum Gasteiger partial charge on any atom is -0.360 e. The van der Waals surface area contributed by atoms with Gasteiger partial charge in [-0.05, 0) is 48.3 Å². The van der Waals surface area contributed by atoms with Crippen molar-refractivity contribution in [3.05, 3.63) is 40.2 Å². The normalized spacial score (nSPS) is 17.6. The third kappa shape index (κ3) is 3.26. The second kappa shape index (κ2) is 6.84. The van der Waals surface area contributed by atoms with Crippen LogP contribution in [0.1, 0.15) is 17.9 Å². The largest absolute Gasteiger partial charge is 0.360 e. The lowest BCUT2D eigenvalue weighted by molar-refractivity contribution is -0.130. The Morgan fingerprint density at radius 3 is 2.65 bits per heavy atom. The van der Waals surface area contributed by atoms with Gasteiger partial charge in [-0.1, -0.05) is 17.3 Å². The average molecular weight is 442 g/mol. The fourth-order valence-electron chi connectivity index (χ4n) is 2.95. The van der Waals surface area contributed by atoms with E-state index in [-0.39, 0.29) is 22.8 Å². The maximum Gasteiger partial charge on any atom is 0.269 e. The van der Waals surface area contributed by atoms with Gasteiger partial charge in [0, 0.05) is 11.0 Å². The van der Waals surface area contributed by atoms with Crippen LogP contribution in [0.5, 0.6) is 0 Å². The van der Waals surface area contributed by atoms with Crippen LogP contribution in [0.25, 0.3) is 0 Å². The number of aromatic nitrogens is 1. The zero-order chi connectivity index (χ0) is 19.1. The number of carbonyl (C=O) groups excluding carboxylic acids is 2. The molecule has 1 aromatic heterocycles. The van der Waals surface area contributed by atoms with Crippen molar-refractivity contribution in [3.8, 4) is 0 Å². The van der Waals surface area contributed by atoms with Gasteiger partial charge in [-0.25, -0.2) is 13.1 Å². The molecule has 0 unspecified atom stereocenters. The summed E-state index contributed by atoms with van der Waals surface area (Å²) in [5.41, 5.74) is 0.789. The third-order valence-corrected chi connectivity index (χ3v) is 6.40. The van der Waals surface area contributed by atoms with Crippen molar-refractivity contribution in [2.24, 2.45) is 5.92 Å². The molecule has 8 nitrogen and oxygen atoms in total. The van der Waals surface area contributed by atoms with Gasteiger partial charge < -0.3 is 9.42 Å². The minimum absolute atomic E-state index is 0.0791. The Morgan fingerprint density at radius 2 is 2.04 bits per heavy atom. The monoisotopic (exact) mass is 441 g/mol. The summed E-state index contributed by atoms with van der Waals surface area (Å²) in [6.45, 7) is 3.23. The average Bonchev–Trinajstić information content (AvgIpc) is 3.10. The van der Waals surface area contributed by atoms with E-state index in [0.717, 1.165) is 4.47 Å². The number of nitrogens with one attached hydrogen (secondary N) is 1. The van der Waals surface area contributed by atoms with Crippen LogP contribution in [-0.4, -0.2) is 31.9 Å². The maximum absolute atomic E-state index is 12.6. The number of halogens is 1. The molecule has 0 radical (unpaired) electrons. The predicted molar refractivity (Wildman–Crippen MR) is 95.9 cm³/mol. The second-order valence-electron chi connectivity index (χ2n) is 5.91. The van der Waals surface area contributed by atoms with E-state index in [9.17, 15) is 18.0 Å². The van der Waals surface area contributed by atoms with Crippen LogP contribution in [-0.2, 0) is 19.6 Å². The number of anilines is 1. The van der Waals surface area contributed by atoms with Gasteiger partial charge in [0.05, 0.1) is 5.69 Å². The number of hydrogen-bond donors (Lipinski definition) is 1. The van der Waals surface area contributed by atoms with Crippen LogP contribution < -0.4 is 9.62 Å². The summed E-state index contributed by atoms with van der Waals surface area (Å²) in [6, 6.07) is 7.14. The number of hydrogen-bond acceptors (Lipinski definition) is 6. The summed E-state index contributed by atoms with van der Waals surface area (Å²) >= 11 is 3.37. The van der Waals surface area contributed by atoms with Gasteiger partial charge in [-0.2, -0.15) is 0 Å². The number of carbonyl (C=O) groups is 2. The second-order valence-corrected chi connectivity index (χ2v) is 8.38. The molecule has 2 aromatic rings. The third-order valence-electron chi connectivity index (χ3n) is 4.14. The first-order chi connectivity index (χ1) is 12.2. The molecule has 1 aliphatic rings. The predicted octanol–water partition coefficient (Wildman–Crippen LogP) is 1.91. The molecule has 1 aromatic carbocycles. The fourth-order valence-corrected chi connectivity index (χ4v) is 4.80. The van der Waals surface area contributed by atoms with Crippen LogP contribution in [0, 0.1) is 19.8 Å². The molecule has 0 spiro atoms. The number of rotatable bonds is 4. The summed E-state index contributed by atoms with van der Waals surface area (Å²) in [6.07, 6.45) is 0.225. The van der Waals surface area contributed by atoms with Gasteiger partial charge in [0.15, 0.2) is 10.7 Å². The van der Waals surface area contributed by atoms with E-state index in [1.165, 1.54) is 18.7 Å². The first-order valence-corrected chi connectivity index (χ1v) is 10.1. The molecule has 0 aliphatic carbocycles. The summed E-state index contributed by atoms with van der Waals surface area (Å²) in [7, 11) is -4.16. The highest BCUT2D eigenvalue weighted by atomic mass is 79.9. The van der Waals surface area contributed by atoms with Gasteiger partial charge in [-0.3, -0.25) is 9.59 Å². The van der Waals surface area contributed by atoms with E-state index in [1.54, 1.807) is 18.2 Å². The van der Waals surface area contributed by atoms with Crippen molar-refractivity contribution in [2.75, 3.05) is 11.4 Å². The molecule has 1 N–H and O–H groups in total. The number of benzene rings is 1. The highest BCUT2D eigenvalue weighted by Crippen LogP contribution is 2.31. The molecule has 1 atom stereocenters. The van der Waals surface area contributed by atoms with Crippen LogP contribution in [0.2, 0.25) is 0 Å². The van der Waals surface area contributed by atoms with Gasteiger partial charge in [0.1, 0.15) is 11.6 Å². The molecule has 10 heteroatoms. The van der Waals surface area contributed by atoms with E-state index in [2.05, 4.69) is 21.1 Å². The van der Waals surface area contributed by atoms with Crippen molar-refractivity contribution in [2.45, 2.75) is 25.2 Å². The summed E-state index contributed by atoms with van der Waals surface area (Å²) in [4.78, 5) is 26.4. The van der Waals surface area contributed by atoms with Gasteiger partial charge in [-0.15, -0.1) is 0 Å². The Bertz CT molecular complexity index is 966. The fraction of sp³-hybridized carbons (Fsp3) is 0.312. The summed E-state index contributed by atoms with van der Waals surface area (Å²) < 4.78 is 32.4. The molecule has 1 saturated heterocycles. The van der Waals surface area contributed by atoms with Crippen molar-refractivity contribution in [3.63, 3.8) is 0 Å². The van der Waals surface area contributed by atoms with E-state index in [0.29, 0.717) is 12.2 Å². The highest BCUT2D eigenvalue weighted by Gasteiger charge is 2.40. The topological polar surface area (TPSA) is 110 Å². The molecule has 2 heterocycles. The Kier molecular flexibility index (Phi) is 4.89. The number of nitrogens with zero attached hydrogens (tertiary/aromatic N) is 2. The summed E-state index contributed by atoms with van der Waals surface area (Å²) in [5.74, 6) is -2.29. The molecule has 138 valence electrons. The van der Waals surface area contributed by atoms with Crippen molar-refractivity contribution in [1.82, 2.24) is 9.88 Å². The zero-order valence-electron chi connectivity index (χ0n) is 14.0. The molecule has 2 amide bonds. The summed E-state index contributed by atoms with van der Waals surface area (Å²) in [5, 5.41) is 3.58. The molecule has 3 rings (SSSR count). The Hall–Kier alpha value is -2.20. The van der Waals surface area contributed by atoms with E-state index < -0.39 is 27.8 Å². The van der Waals surface area contributed by atoms with E-state index in [1.807, 2.05) is 10.8 Å². The first-order valence-electron chi connectivity index (χ1n) is 7.78. The first kappa shape index (κ1) is 18.6. The Morgan fingerprint density at radius 1 is 1.35 bits per heavy atom. The smallest absolute Gasteiger partial charge is 0.269 e. The van der Waals surface area contributed by atoms with E-state index >= 15 is 0 Å². The molecule has 0 saturated carbocycles. The number of para-hydroxylation sites is 1. The lowest BCUT2D eigenvalue weighted by Crippen LogP contribution is -2.40. The van der Waals surface area contributed by atoms with Crippen molar-refractivity contribution >= 4 is 43.5 Å². The Labute approximate surface area is 158 Å². The van der Waals surface area contributed by atoms with Gasteiger partial charge in [0.25, 0.3) is 10.0 Å². The zero-order valence-corrected chi connectivity index (χ0v) is 16.4. The van der Waals surface area contributed by atoms with Crippen LogP contribution in [0.3, 0.4) is 0 Å². The number of amides is 2. The quantitative estimate of drug-likeness (QED) is 0.725. The lowest BCUT2D eigenvalue weighted by Gasteiger charge is -2.18. The molecule has 1 aliphatic heterocycles. The maximum atomic E-state index is 12.6. The van der Waals surface area contributed by atoms with Crippen LogP contribution in [0.15, 0.2) is 38.2 Å². The highest BCUT2D eigenvalue weighted by molar-refractivity contribution is 9.10. The molecule has 26 heavy (non-hydrogen) atoms. The molecular formula is C16H16BrN3O5S. The SMILES string of the molecule is Cc1noc(C)c1S(=O)(=O)NC(=O)[C@H]1CCN(c2ccccc2Br)C1=O. The molecule has 1 fully saturated rings.